The van der Waals surface area contributed by atoms with Crippen LogP contribution in [0.25, 0.3) is 0 Å². The molecule has 0 aromatic heterocycles. The Morgan fingerprint density at radius 3 is 2.38 bits per heavy atom. The molecule has 1 amide bonds. The highest BCUT2D eigenvalue weighted by Crippen LogP contribution is 2.17. The lowest BCUT2D eigenvalue weighted by molar-refractivity contribution is 0.0678. The van der Waals surface area contributed by atoms with Crippen molar-refractivity contribution in [2.75, 3.05) is 31.0 Å². The average Bonchev–Trinajstić information content (AvgIpc) is 2.66. The van der Waals surface area contributed by atoms with Gasteiger partial charge in [0.05, 0.1) is 13.2 Å². The van der Waals surface area contributed by atoms with E-state index in [2.05, 4.69) is 14.9 Å². The predicted molar refractivity (Wildman–Crippen MR) is 98.4 cm³/mol. The first-order chi connectivity index (χ1) is 12.4. The van der Waals surface area contributed by atoms with Crippen molar-refractivity contribution in [1.82, 2.24) is 4.90 Å². The number of hydrogen-bond donors (Lipinski definition) is 1. The number of ether oxygens (including phenoxy) is 1. The molecule has 0 radical (unpaired) electrons. The van der Waals surface area contributed by atoms with E-state index in [1.165, 1.54) is 30.3 Å². The van der Waals surface area contributed by atoms with E-state index in [0.717, 1.165) is 0 Å². The number of nitroso groups, excluding NO2 is 1. The number of amides is 1. The molecule has 0 unspecified atom stereocenters. The quantitative estimate of drug-likeness (QED) is 0.474. The summed E-state index contributed by atoms with van der Waals surface area (Å²) in [7, 11) is -3.90. The molecular formula is C16H20N4O5S. The van der Waals surface area contributed by atoms with Crippen molar-refractivity contribution in [2.24, 2.45) is 10.2 Å². The Morgan fingerprint density at radius 1 is 1.23 bits per heavy atom. The summed E-state index contributed by atoms with van der Waals surface area (Å²) in [5, 5.41) is 2.20. The number of amidine groups is 1. The van der Waals surface area contributed by atoms with Gasteiger partial charge in [0.15, 0.2) is 5.03 Å². The molecule has 0 bridgehead atoms. The summed E-state index contributed by atoms with van der Waals surface area (Å²) in [6.07, 6.45) is 1.40. The first-order valence-corrected chi connectivity index (χ1v) is 9.40. The van der Waals surface area contributed by atoms with Crippen LogP contribution in [0.2, 0.25) is 0 Å². The van der Waals surface area contributed by atoms with Gasteiger partial charge in [0.1, 0.15) is 5.84 Å². The molecule has 0 aliphatic carbocycles. The summed E-state index contributed by atoms with van der Waals surface area (Å²) >= 11 is 0. The average molecular weight is 380 g/mol. The number of allylic oxidation sites excluding steroid dienone is 1. The van der Waals surface area contributed by atoms with Crippen LogP contribution in [0.15, 0.2) is 45.5 Å². The van der Waals surface area contributed by atoms with E-state index in [0.29, 0.717) is 32.1 Å². The molecule has 0 atom stereocenters. The van der Waals surface area contributed by atoms with Gasteiger partial charge in [0.25, 0.3) is 10.0 Å². The van der Waals surface area contributed by atoms with Crippen molar-refractivity contribution in [1.29, 1.82) is 0 Å². The Labute approximate surface area is 151 Å². The first kappa shape index (κ1) is 19.7. The molecule has 1 aromatic carbocycles. The topological polar surface area (TPSA) is 118 Å². The van der Waals surface area contributed by atoms with Gasteiger partial charge in [0, 0.05) is 29.5 Å². The monoisotopic (exact) mass is 380 g/mol. The number of rotatable bonds is 5. The molecule has 1 fully saturated rings. The second-order valence-electron chi connectivity index (χ2n) is 5.46. The second kappa shape index (κ2) is 8.68. The lowest BCUT2D eigenvalue weighted by atomic mass is 10.2. The largest absolute Gasteiger partial charge is 0.378 e. The zero-order chi connectivity index (χ0) is 19.2. The number of carbonyl (C=O) groups excluding carboxylic acids is 1. The molecule has 9 nitrogen and oxygen atoms in total. The molecule has 10 heteroatoms. The third kappa shape index (κ3) is 4.96. The normalized spacial score (nSPS) is 16.3. The van der Waals surface area contributed by atoms with E-state index < -0.39 is 15.9 Å². The summed E-state index contributed by atoms with van der Waals surface area (Å²) in [4.78, 5) is 27.6. The van der Waals surface area contributed by atoms with Crippen molar-refractivity contribution < 1.29 is 17.9 Å². The minimum atomic E-state index is -3.90. The van der Waals surface area contributed by atoms with Gasteiger partial charge < -0.3 is 9.64 Å². The minimum Gasteiger partial charge on any atom is -0.378 e. The number of sulfonamides is 1. The van der Waals surface area contributed by atoms with Crippen LogP contribution in [0.3, 0.4) is 0 Å². The number of benzene rings is 1. The standard InChI is InChI=1S/C16H20N4O5S/c1-3-15(17-12(2)20-8-10-25-11-9-20)26(23,24)19-14-6-4-13(5-7-14)16(21)18-22/h3-7,19H,8-11H2,1-2H3/b15-3+,17-12?. The van der Waals surface area contributed by atoms with Gasteiger partial charge in [0.2, 0.25) is 0 Å². The second-order valence-corrected chi connectivity index (χ2v) is 7.09. The molecule has 26 heavy (non-hydrogen) atoms. The number of anilines is 1. The predicted octanol–water partition coefficient (Wildman–Crippen LogP) is 1.95. The fourth-order valence-corrected chi connectivity index (χ4v) is 3.45. The Balaban J connectivity index is 2.16. The SMILES string of the molecule is C/C=C(\N=C(C)N1CCOCC1)S(=O)(=O)Nc1ccc(C(=O)N=O)cc1. The van der Waals surface area contributed by atoms with Crippen LogP contribution in [-0.2, 0) is 14.8 Å². The fourth-order valence-electron chi connectivity index (χ4n) is 2.34. The van der Waals surface area contributed by atoms with Gasteiger partial charge in [-0.3, -0.25) is 9.52 Å². The maximum Gasteiger partial charge on any atom is 0.316 e. The molecule has 1 aliphatic rings. The van der Waals surface area contributed by atoms with Crippen molar-refractivity contribution >= 4 is 27.5 Å². The van der Waals surface area contributed by atoms with E-state index in [9.17, 15) is 18.1 Å². The van der Waals surface area contributed by atoms with E-state index in [4.69, 9.17) is 4.74 Å². The van der Waals surface area contributed by atoms with Crippen molar-refractivity contribution in [3.63, 3.8) is 0 Å². The summed E-state index contributed by atoms with van der Waals surface area (Å²) in [5.41, 5.74) is 0.321. The van der Waals surface area contributed by atoms with Crippen LogP contribution in [0.1, 0.15) is 24.2 Å². The van der Waals surface area contributed by atoms with Gasteiger partial charge in [-0.25, -0.2) is 4.99 Å². The maximum atomic E-state index is 12.6. The lowest BCUT2D eigenvalue weighted by Gasteiger charge is -2.28. The number of carbonyl (C=O) groups is 1. The van der Waals surface area contributed by atoms with E-state index in [-0.39, 0.29) is 16.3 Å². The number of aliphatic imine (C=N–C) groups is 1. The summed E-state index contributed by atoms with van der Waals surface area (Å²) in [5.74, 6) is -0.330. The number of hydrogen-bond acceptors (Lipinski definition) is 6. The highest BCUT2D eigenvalue weighted by Gasteiger charge is 2.19. The zero-order valence-corrected chi connectivity index (χ0v) is 15.3. The smallest absolute Gasteiger partial charge is 0.316 e. The van der Waals surface area contributed by atoms with Crippen LogP contribution in [-0.4, -0.2) is 51.4 Å². The highest BCUT2D eigenvalue weighted by molar-refractivity contribution is 7.96. The third-order valence-electron chi connectivity index (χ3n) is 3.73. The lowest BCUT2D eigenvalue weighted by Crippen LogP contribution is -2.39. The number of morpholine rings is 1. The van der Waals surface area contributed by atoms with Gasteiger partial charge >= 0.3 is 5.91 Å². The van der Waals surface area contributed by atoms with Crippen LogP contribution in [0.4, 0.5) is 5.69 Å². The number of nitrogens with zero attached hydrogens (tertiary/aromatic N) is 3. The third-order valence-corrected chi connectivity index (χ3v) is 5.11. The Hall–Kier alpha value is -2.59. The summed E-state index contributed by atoms with van der Waals surface area (Å²) < 4.78 is 32.8. The highest BCUT2D eigenvalue weighted by atomic mass is 32.2. The molecule has 0 saturated carbocycles. The van der Waals surface area contributed by atoms with Gasteiger partial charge in [-0.2, -0.15) is 8.42 Å². The Bertz CT molecular complexity index is 825. The van der Waals surface area contributed by atoms with Gasteiger partial charge in [-0.15, -0.1) is 4.91 Å². The molecule has 1 aromatic rings. The molecule has 140 valence electrons. The summed E-state index contributed by atoms with van der Waals surface area (Å²) in [6.45, 7) is 5.78. The molecule has 2 rings (SSSR count). The molecule has 1 saturated heterocycles. The minimum absolute atomic E-state index is 0.0791. The van der Waals surface area contributed by atoms with Gasteiger partial charge in [-0.1, -0.05) is 0 Å². The van der Waals surface area contributed by atoms with Crippen molar-refractivity contribution in [2.45, 2.75) is 13.8 Å². The Kier molecular flexibility index (Phi) is 6.58. The van der Waals surface area contributed by atoms with E-state index >= 15 is 0 Å². The van der Waals surface area contributed by atoms with Crippen LogP contribution >= 0.6 is 0 Å². The van der Waals surface area contributed by atoms with Crippen LogP contribution in [0, 0.1) is 4.91 Å². The fraction of sp³-hybridized carbons (Fsp3) is 0.375. The first-order valence-electron chi connectivity index (χ1n) is 7.92. The maximum absolute atomic E-state index is 12.6. The molecule has 0 spiro atoms. The van der Waals surface area contributed by atoms with Crippen LogP contribution in [0.5, 0.6) is 0 Å². The van der Waals surface area contributed by atoms with Crippen molar-refractivity contribution in [3.8, 4) is 0 Å². The summed E-state index contributed by atoms with van der Waals surface area (Å²) in [6, 6.07) is 5.39. The van der Waals surface area contributed by atoms with Crippen LogP contribution < -0.4 is 4.72 Å². The zero-order valence-electron chi connectivity index (χ0n) is 14.5. The molecular weight excluding hydrogens is 360 g/mol. The van der Waals surface area contributed by atoms with Gasteiger partial charge in [-0.05, 0) is 44.2 Å². The Morgan fingerprint density at radius 2 is 1.85 bits per heavy atom. The van der Waals surface area contributed by atoms with E-state index in [1.54, 1.807) is 13.8 Å². The van der Waals surface area contributed by atoms with E-state index in [1.807, 2.05) is 4.90 Å². The molecule has 1 heterocycles. The molecule has 1 N–H and O–H groups in total. The molecule has 1 aliphatic heterocycles. The number of nitrogens with one attached hydrogen (secondary N) is 1. The van der Waals surface area contributed by atoms with Crippen molar-refractivity contribution in [3.05, 3.63) is 45.8 Å².